The van der Waals surface area contributed by atoms with Crippen LogP contribution in [0.5, 0.6) is 0 Å². The highest BCUT2D eigenvalue weighted by atomic mass is 32.2. The molecule has 0 amide bonds. The Labute approximate surface area is 89.7 Å². The number of hydrogen-bond acceptors (Lipinski definition) is 5. The molecule has 2 radical (unpaired) electrons. The fourth-order valence-corrected chi connectivity index (χ4v) is 2.75. The van der Waals surface area contributed by atoms with Gasteiger partial charge in [0.25, 0.3) is 10.1 Å². The third kappa shape index (κ3) is 2.70. The predicted molar refractivity (Wildman–Crippen MR) is 52.3 cm³/mol. The topological polar surface area (TPSA) is 93.1 Å². The summed E-state index contributed by atoms with van der Waals surface area (Å²) in [5.74, 6) is 0. The maximum absolute atomic E-state index is 11.1. The molecule has 0 aromatic heterocycles. The molecule has 0 spiro atoms. The molecule has 4 atom stereocenters. The zero-order valence-electron chi connectivity index (χ0n) is 8.24. The van der Waals surface area contributed by atoms with Gasteiger partial charge in [-0.05, 0) is 6.92 Å². The van der Waals surface area contributed by atoms with Crippen molar-refractivity contribution >= 4 is 18.0 Å². The van der Waals surface area contributed by atoms with Crippen LogP contribution in [0.4, 0.5) is 0 Å². The van der Waals surface area contributed by atoms with Crippen molar-refractivity contribution in [1.82, 2.24) is 0 Å². The van der Waals surface area contributed by atoms with Crippen LogP contribution in [0.2, 0.25) is 0 Å². The summed E-state index contributed by atoms with van der Waals surface area (Å²) in [4.78, 5) is 0. The Morgan fingerprint density at radius 2 is 2.13 bits per heavy atom. The van der Waals surface area contributed by atoms with Crippen molar-refractivity contribution in [3.63, 3.8) is 0 Å². The lowest BCUT2D eigenvalue weighted by molar-refractivity contribution is 0.0109. The standard InChI is InChI=1S/C7H13BO6S/c1-2-13-5-6(15(10,11)12)4(3-9)14-7(5)8/h4-7,9H,2-3H2,1H3,(H,10,11,12)/t4?,5?,6?,7-/m1/s1. The van der Waals surface area contributed by atoms with Crippen LogP contribution in [-0.2, 0) is 19.6 Å². The Hall–Kier alpha value is -0.145. The van der Waals surface area contributed by atoms with Gasteiger partial charge in [-0.1, -0.05) is 0 Å². The molecule has 8 heteroatoms. The maximum atomic E-state index is 11.1. The third-order valence-corrected chi connectivity index (χ3v) is 3.49. The molecule has 1 rings (SSSR count). The summed E-state index contributed by atoms with van der Waals surface area (Å²) >= 11 is 0. The zero-order chi connectivity index (χ0) is 11.6. The molecule has 0 saturated carbocycles. The van der Waals surface area contributed by atoms with E-state index >= 15 is 0 Å². The van der Waals surface area contributed by atoms with Gasteiger partial charge in [0.15, 0.2) is 0 Å². The van der Waals surface area contributed by atoms with Gasteiger partial charge >= 0.3 is 0 Å². The van der Waals surface area contributed by atoms with E-state index < -0.39 is 40.2 Å². The SMILES string of the molecule is [B][C@@H]1OC(CO)C(S(=O)(=O)O)C1OCC. The molecule has 0 aromatic carbocycles. The summed E-state index contributed by atoms with van der Waals surface area (Å²) in [6.45, 7) is 1.37. The lowest BCUT2D eigenvalue weighted by atomic mass is 9.94. The first kappa shape index (κ1) is 12.9. The van der Waals surface area contributed by atoms with Gasteiger partial charge < -0.3 is 14.6 Å². The summed E-state index contributed by atoms with van der Waals surface area (Å²) in [6, 6.07) is -0.964. The van der Waals surface area contributed by atoms with E-state index in [2.05, 4.69) is 0 Å². The third-order valence-electron chi connectivity index (χ3n) is 2.23. The molecule has 1 heterocycles. The van der Waals surface area contributed by atoms with E-state index in [4.69, 9.17) is 27.0 Å². The van der Waals surface area contributed by atoms with Gasteiger partial charge in [-0.25, -0.2) is 0 Å². The Morgan fingerprint density at radius 1 is 1.53 bits per heavy atom. The van der Waals surface area contributed by atoms with Gasteiger partial charge in [0.1, 0.15) is 19.2 Å². The van der Waals surface area contributed by atoms with Crippen molar-refractivity contribution in [2.45, 2.75) is 30.4 Å². The number of rotatable bonds is 4. The molecule has 0 aromatic rings. The smallest absolute Gasteiger partial charge is 0.273 e. The largest absolute Gasteiger partial charge is 0.394 e. The Balaban J connectivity index is 2.93. The van der Waals surface area contributed by atoms with Crippen LogP contribution in [0.3, 0.4) is 0 Å². The van der Waals surface area contributed by atoms with Crippen LogP contribution in [-0.4, -0.2) is 62.6 Å². The number of ether oxygens (including phenoxy) is 2. The Kier molecular flexibility index (Phi) is 4.13. The number of aliphatic hydroxyl groups is 1. The lowest BCUT2D eigenvalue weighted by Gasteiger charge is -2.19. The van der Waals surface area contributed by atoms with Crippen molar-refractivity contribution in [3.05, 3.63) is 0 Å². The molecule has 15 heavy (non-hydrogen) atoms. The Morgan fingerprint density at radius 3 is 2.53 bits per heavy atom. The fraction of sp³-hybridized carbons (Fsp3) is 1.00. The molecule has 1 aliphatic rings. The molecular weight excluding hydrogens is 223 g/mol. The summed E-state index contributed by atoms with van der Waals surface area (Å²) in [5, 5.41) is 7.56. The van der Waals surface area contributed by atoms with Crippen LogP contribution in [0.1, 0.15) is 6.92 Å². The van der Waals surface area contributed by atoms with E-state index in [0.717, 1.165) is 0 Å². The van der Waals surface area contributed by atoms with E-state index in [1.807, 2.05) is 0 Å². The van der Waals surface area contributed by atoms with Crippen molar-refractivity contribution in [1.29, 1.82) is 0 Å². The van der Waals surface area contributed by atoms with Gasteiger partial charge in [-0.2, -0.15) is 8.42 Å². The molecule has 86 valence electrons. The Bertz CT molecular complexity index is 305. The van der Waals surface area contributed by atoms with E-state index in [1.54, 1.807) is 6.92 Å². The fourth-order valence-electron chi connectivity index (χ4n) is 1.65. The lowest BCUT2D eigenvalue weighted by Crippen LogP contribution is -2.42. The highest BCUT2D eigenvalue weighted by Crippen LogP contribution is 2.27. The van der Waals surface area contributed by atoms with Crippen molar-refractivity contribution in [3.8, 4) is 0 Å². The van der Waals surface area contributed by atoms with Crippen LogP contribution < -0.4 is 0 Å². The molecule has 0 aliphatic carbocycles. The van der Waals surface area contributed by atoms with Gasteiger partial charge in [0, 0.05) is 12.6 Å². The maximum Gasteiger partial charge on any atom is 0.273 e. The minimum atomic E-state index is -4.36. The first-order valence-electron chi connectivity index (χ1n) is 4.51. The van der Waals surface area contributed by atoms with Crippen LogP contribution in [0, 0.1) is 0 Å². The molecule has 1 aliphatic heterocycles. The van der Waals surface area contributed by atoms with Gasteiger partial charge in [0.05, 0.1) is 12.7 Å². The molecule has 0 bridgehead atoms. The quantitative estimate of drug-likeness (QED) is 0.457. The molecular formula is C7H13BO6S. The number of aliphatic hydroxyl groups excluding tert-OH is 1. The van der Waals surface area contributed by atoms with Crippen LogP contribution in [0.25, 0.3) is 0 Å². The van der Waals surface area contributed by atoms with Gasteiger partial charge in [-0.15, -0.1) is 0 Å². The average molecular weight is 236 g/mol. The molecule has 3 unspecified atom stereocenters. The minimum absolute atomic E-state index is 0.242. The van der Waals surface area contributed by atoms with Gasteiger partial charge in [0.2, 0.25) is 0 Å². The second-order valence-corrected chi connectivity index (χ2v) is 4.80. The first-order chi connectivity index (χ1) is 6.91. The van der Waals surface area contributed by atoms with E-state index in [9.17, 15) is 8.42 Å². The highest BCUT2D eigenvalue weighted by Gasteiger charge is 2.49. The normalized spacial score (nSPS) is 37.0. The van der Waals surface area contributed by atoms with E-state index in [1.165, 1.54) is 0 Å². The predicted octanol–water partition coefficient (Wildman–Crippen LogP) is -1.47. The monoisotopic (exact) mass is 236 g/mol. The summed E-state index contributed by atoms with van der Waals surface area (Å²) in [5.41, 5.74) is 0. The van der Waals surface area contributed by atoms with Crippen molar-refractivity contribution < 1.29 is 27.6 Å². The average Bonchev–Trinajstić information content (AvgIpc) is 2.43. The van der Waals surface area contributed by atoms with E-state index in [-0.39, 0.29) is 6.61 Å². The molecule has 6 nitrogen and oxygen atoms in total. The second-order valence-electron chi connectivity index (χ2n) is 3.22. The molecule has 2 N–H and O–H groups in total. The molecule has 1 fully saturated rings. The van der Waals surface area contributed by atoms with Crippen molar-refractivity contribution in [2.75, 3.05) is 13.2 Å². The number of hydrogen-bond donors (Lipinski definition) is 2. The second kappa shape index (κ2) is 4.79. The summed E-state index contributed by atoms with van der Waals surface area (Å²) in [7, 11) is 1.13. The summed E-state index contributed by atoms with van der Waals surface area (Å²) < 4.78 is 41.2. The van der Waals surface area contributed by atoms with Gasteiger partial charge in [-0.3, -0.25) is 4.55 Å². The minimum Gasteiger partial charge on any atom is -0.394 e. The molecule has 1 saturated heterocycles. The summed E-state index contributed by atoms with van der Waals surface area (Å²) in [6.07, 6.45) is -2.01. The highest BCUT2D eigenvalue weighted by molar-refractivity contribution is 7.86. The first-order valence-corrected chi connectivity index (χ1v) is 6.02. The van der Waals surface area contributed by atoms with E-state index in [0.29, 0.717) is 0 Å². The van der Waals surface area contributed by atoms with Crippen molar-refractivity contribution in [2.24, 2.45) is 0 Å². The zero-order valence-corrected chi connectivity index (χ0v) is 9.05. The van der Waals surface area contributed by atoms with Crippen LogP contribution >= 0.6 is 0 Å². The van der Waals surface area contributed by atoms with Crippen LogP contribution in [0.15, 0.2) is 0 Å².